The van der Waals surface area contributed by atoms with Crippen LogP contribution in [0.1, 0.15) is 72.6 Å². The molecule has 0 aliphatic heterocycles. The lowest BCUT2D eigenvalue weighted by atomic mass is 9.79. The van der Waals surface area contributed by atoms with E-state index in [-0.39, 0.29) is 0 Å². The molecule has 0 aromatic rings. The summed E-state index contributed by atoms with van der Waals surface area (Å²) in [7, 11) is 0. The molecule has 16 heavy (non-hydrogen) atoms. The predicted molar refractivity (Wildman–Crippen MR) is 72.7 cm³/mol. The van der Waals surface area contributed by atoms with Gasteiger partial charge in [-0.1, -0.05) is 40.5 Å². The molecular formula is C15H31N. The van der Waals surface area contributed by atoms with Crippen LogP contribution in [0.3, 0.4) is 0 Å². The van der Waals surface area contributed by atoms with E-state index in [0.29, 0.717) is 0 Å². The highest BCUT2D eigenvalue weighted by molar-refractivity contribution is 4.83. The van der Waals surface area contributed by atoms with Crippen molar-refractivity contribution in [1.29, 1.82) is 0 Å². The Hall–Kier alpha value is -0.0400. The van der Waals surface area contributed by atoms with Crippen LogP contribution in [-0.2, 0) is 0 Å². The lowest BCUT2D eigenvalue weighted by Crippen LogP contribution is -2.44. The van der Waals surface area contributed by atoms with Gasteiger partial charge in [0.1, 0.15) is 0 Å². The summed E-state index contributed by atoms with van der Waals surface area (Å²) in [6.45, 7) is 9.45. The van der Waals surface area contributed by atoms with Gasteiger partial charge in [-0.2, -0.15) is 0 Å². The minimum Gasteiger partial charge on any atom is -0.311 e. The highest BCUT2D eigenvalue weighted by atomic mass is 15.0. The summed E-state index contributed by atoms with van der Waals surface area (Å²) in [5.74, 6) is 1.82. The number of unbranched alkanes of at least 4 members (excludes halogenated alkanes) is 1. The Kier molecular flexibility index (Phi) is 6.41. The van der Waals surface area contributed by atoms with E-state index in [1.54, 1.807) is 0 Å². The number of hydrogen-bond acceptors (Lipinski definition) is 1. The maximum Gasteiger partial charge on any atom is 0.00954 e. The second-order valence-electron chi connectivity index (χ2n) is 5.92. The van der Waals surface area contributed by atoms with E-state index in [2.05, 4.69) is 33.0 Å². The van der Waals surface area contributed by atoms with Crippen LogP contribution in [0.4, 0.5) is 0 Å². The van der Waals surface area contributed by atoms with Crippen LogP contribution in [0, 0.1) is 11.8 Å². The average molecular weight is 225 g/mol. The first-order valence-corrected chi connectivity index (χ1v) is 7.43. The zero-order chi connectivity index (χ0) is 12.0. The van der Waals surface area contributed by atoms with Gasteiger partial charge in [-0.3, -0.25) is 0 Å². The second-order valence-corrected chi connectivity index (χ2v) is 5.92. The molecule has 1 aliphatic rings. The molecule has 96 valence electrons. The van der Waals surface area contributed by atoms with Crippen molar-refractivity contribution in [3.63, 3.8) is 0 Å². The van der Waals surface area contributed by atoms with Crippen LogP contribution >= 0.6 is 0 Å². The highest BCUT2D eigenvalue weighted by Gasteiger charge is 2.26. The van der Waals surface area contributed by atoms with Gasteiger partial charge in [0.25, 0.3) is 0 Å². The van der Waals surface area contributed by atoms with Gasteiger partial charge in [-0.25, -0.2) is 0 Å². The average Bonchev–Trinajstić information content (AvgIpc) is 2.27. The zero-order valence-electron chi connectivity index (χ0n) is 11.8. The van der Waals surface area contributed by atoms with Crippen LogP contribution in [0.25, 0.3) is 0 Å². The van der Waals surface area contributed by atoms with Crippen molar-refractivity contribution in [2.24, 2.45) is 11.8 Å². The molecular weight excluding hydrogens is 194 g/mol. The van der Waals surface area contributed by atoms with E-state index in [4.69, 9.17) is 0 Å². The first-order valence-electron chi connectivity index (χ1n) is 7.43. The smallest absolute Gasteiger partial charge is 0.00954 e. The molecule has 1 nitrogen and oxygen atoms in total. The van der Waals surface area contributed by atoms with Gasteiger partial charge in [-0.05, 0) is 43.9 Å². The maximum atomic E-state index is 3.91. The van der Waals surface area contributed by atoms with Crippen molar-refractivity contribution in [2.75, 3.05) is 0 Å². The molecule has 0 aromatic carbocycles. The number of hydrogen-bond donors (Lipinski definition) is 1. The molecule has 1 aliphatic carbocycles. The normalized spacial score (nSPS) is 32.6. The molecule has 1 rings (SSSR count). The van der Waals surface area contributed by atoms with Crippen LogP contribution < -0.4 is 5.32 Å². The van der Waals surface area contributed by atoms with E-state index in [9.17, 15) is 0 Å². The van der Waals surface area contributed by atoms with Gasteiger partial charge < -0.3 is 5.32 Å². The van der Waals surface area contributed by atoms with Gasteiger partial charge >= 0.3 is 0 Å². The van der Waals surface area contributed by atoms with Crippen molar-refractivity contribution in [2.45, 2.75) is 84.7 Å². The fraction of sp³-hybridized carbons (Fsp3) is 1.00. The topological polar surface area (TPSA) is 12.0 Å². The van der Waals surface area contributed by atoms with Gasteiger partial charge in [-0.15, -0.1) is 0 Å². The molecule has 4 unspecified atom stereocenters. The summed E-state index contributed by atoms with van der Waals surface area (Å²) < 4.78 is 0. The molecule has 1 saturated carbocycles. The molecule has 1 heteroatoms. The Morgan fingerprint density at radius 3 is 2.50 bits per heavy atom. The number of nitrogens with one attached hydrogen (secondary N) is 1. The minimum atomic E-state index is 0.765. The Morgan fingerprint density at radius 1 is 1.19 bits per heavy atom. The summed E-state index contributed by atoms with van der Waals surface area (Å²) in [5, 5.41) is 3.91. The Balaban J connectivity index is 2.33. The third kappa shape index (κ3) is 4.45. The lowest BCUT2D eigenvalue weighted by molar-refractivity contribution is 0.208. The molecule has 0 radical (unpaired) electrons. The molecule has 0 amide bonds. The van der Waals surface area contributed by atoms with Crippen molar-refractivity contribution in [1.82, 2.24) is 5.32 Å². The minimum absolute atomic E-state index is 0.765. The second kappa shape index (κ2) is 7.32. The SMILES string of the molecule is CCCCC(CC)NC1CCC(C)CC1C. The van der Waals surface area contributed by atoms with E-state index in [1.807, 2.05) is 0 Å². The van der Waals surface area contributed by atoms with Crippen LogP contribution in [-0.4, -0.2) is 12.1 Å². The Bertz CT molecular complexity index is 178. The largest absolute Gasteiger partial charge is 0.311 e. The van der Waals surface area contributed by atoms with Crippen molar-refractivity contribution >= 4 is 0 Å². The van der Waals surface area contributed by atoms with Crippen LogP contribution in [0.5, 0.6) is 0 Å². The van der Waals surface area contributed by atoms with E-state index in [1.165, 1.54) is 44.9 Å². The fourth-order valence-corrected chi connectivity index (χ4v) is 3.07. The van der Waals surface area contributed by atoms with Crippen molar-refractivity contribution < 1.29 is 0 Å². The lowest BCUT2D eigenvalue weighted by Gasteiger charge is -2.36. The summed E-state index contributed by atoms with van der Waals surface area (Å²) in [6, 6.07) is 1.55. The fourth-order valence-electron chi connectivity index (χ4n) is 3.07. The Morgan fingerprint density at radius 2 is 1.94 bits per heavy atom. The third-order valence-corrected chi connectivity index (χ3v) is 4.28. The van der Waals surface area contributed by atoms with Gasteiger partial charge in [0.05, 0.1) is 0 Å². The van der Waals surface area contributed by atoms with Crippen molar-refractivity contribution in [3.8, 4) is 0 Å². The standard InChI is InChI=1S/C15H31N/c1-5-7-8-14(6-2)16-15-10-9-12(3)11-13(15)4/h12-16H,5-11H2,1-4H3. The maximum absolute atomic E-state index is 3.91. The van der Waals surface area contributed by atoms with E-state index in [0.717, 1.165) is 23.9 Å². The predicted octanol–water partition coefficient (Wildman–Crippen LogP) is 4.37. The van der Waals surface area contributed by atoms with Crippen LogP contribution in [0.15, 0.2) is 0 Å². The summed E-state index contributed by atoms with van der Waals surface area (Å²) in [4.78, 5) is 0. The number of rotatable bonds is 6. The molecule has 0 aromatic heterocycles. The molecule has 1 fully saturated rings. The Labute approximate surface area is 102 Å². The van der Waals surface area contributed by atoms with Gasteiger partial charge in [0.2, 0.25) is 0 Å². The van der Waals surface area contributed by atoms with Gasteiger partial charge in [0.15, 0.2) is 0 Å². The van der Waals surface area contributed by atoms with E-state index >= 15 is 0 Å². The van der Waals surface area contributed by atoms with Crippen LogP contribution in [0.2, 0.25) is 0 Å². The molecule has 0 heterocycles. The zero-order valence-corrected chi connectivity index (χ0v) is 11.8. The summed E-state index contributed by atoms with van der Waals surface area (Å²) in [5.41, 5.74) is 0. The molecule has 0 spiro atoms. The summed E-state index contributed by atoms with van der Waals surface area (Å²) >= 11 is 0. The quantitative estimate of drug-likeness (QED) is 0.708. The molecule has 4 atom stereocenters. The van der Waals surface area contributed by atoms with Crippen molar-refractivity contribution in [3.05, 3.63) is 0 Å². The molecule has 0 saturated heterocycles. The first-order chi connectivity index (χ1) is 7.67. The van der Waals surface area contributed by atoms with Gasteiger partial charge in [0, 0.05) is 12.1 Å². The monoisotopic (exact) mass is 225 g/mol. The molecule has 1 N–H and O–H groups in total. The third-order valence-electron chi connectivity index (χ3n) is 4.28. The first kappa shape index (κ1) is 14.0. The van der Waals surface area contributed by atoms with E-state index < -0.39 is 0 Å². The molecule has 0 bridgehead atoms. The summed E-state index contributed by atoms with van der Waals surface area (Å²) in [6.07, 6.45) is 9.60. The highest BCUT2D eigenvalue weighted by Crippen LogP contribution is 2.29.